The van der Waals surface area contributed by atoms with E-state index in [2.05, 4.69) is 185 Å². The summed E-state index contributed by atoms with van der Waals surface area (Å²) in [6.45, 7) is 0. The summed E-state index contributed by atoms with van der Waals surface area (Å²) < 4.78 is 8.28. The van der Waals surface area contributed by atoms with E-state index in [1.807, 2.05) is 0 Å². The molecule has 0 amide bonds. The van der Waals surface area contributed by atoms with Crippen LogP contribution in [0.2, 0.25) is 0 Å². The molecule has 3 nitrogen and oxygen atoms in total. The predicted octanol–water partition coefficient (Wildman–Crippen LogP) is 13.0. The maximum absolute atomic E-state index is 5.88. The molecule has 0 bridgehead atoms. The average Bonchev–Trinajstić information content (AvgIpc) is 3.76. The van der Waals surface area contributed by atoms with E-state index in [9.17, 15) is 0 Å². The van der Waals surface area contributed by atoms with Crippen molar-refractivity contribution in [2.45, 2.75) is 0 Å². The van der Waals surface area contributed by atoms with Crippen LogP contribution in [-0.4, -0.2) is 4.57 Å². The van der Waals surface area contributed by atoms with E-state index < -0.39 is 0 Å². The fraction of sp³-hybridized carbons (Fsp3) is 0. The first-order valence-corrected chi connectivity index (χ1v) is 16.7. The summed E-state index contributed by atoms with van der Waals surface area (Å²) >= 11 is 0. The molecule has 8 aromatic carbocycles. The lowest BCUT2D eigenvalue weighted by atomic mass is 9.91. The van der Waals surface area contributed by atoms with Crippen LogP contribution in [0.5, 0.6) is 0 Å². The van der Waals surface area contributed by atoms with E-state index in [1.165, 1.54) is 43.5 Å². The first-order chi connectivity index (χ1) is 24.3. The minimum absolute atomic E-state index is 0.899. The molecule has 3 heteroatoms. The normalized spacial score (nSPS) is 11.7. The van der Waals surface area contributed by atoms with E-state index in [4.69, 9.17) is 4.42 Å². The Morgan fingerprint density at radius 3 is 1.80 bits per heavy atom. The van der Waals surface area contributed by atoms with Crippen LogP contribution in [0.15, 0.2) is 187 Å². The fourth-order valence-electron chi connectivity index (χ4n) is 7.56. The molecule has 0 saturated carbocycles. The number of aromatic nitrogens is 1. The molecular weight excluding hydrogens is 597 g/mol. The van der Waals surface area contributed by atoms with Crippen LogP contribution in [0.4, 0.5) is 17.1 Å². The zero-order valence-electron chi connectivity index (χ0n) is 26.6. The van der Waals surface area contributed by atoms with Crippen LogP contribution in [-0.2, 0) is 0 Å². The van der Waals surface area contributed by atoms with E-state index >= 15 is 0 Å². The average molecular weight is 627 g/mol. The SMILES string of the molecule is c1ccc(N(c2ccccc2)c2ccc(-c3cc4cc5occc5cc4c4cc5c6ccccc6n(-c6ccccc6)c5cc34)cc2)cc1. The van der Waals surface area contributed by atoms with Crippen LogP contribution in [0.3, 0.4) is 0 Å². The molecule has 0 atom stereocenters. The largest absolute Gasteiger partial charge is 0.464 e. The first-order valence-electron chi connectivity index (χ1n) is 16.7. The summed E-state index contributed by atoms with van der Waals surface area (Å²) in [7, 11) is 0. The molecule has 230 valence electrons. The van der Waals surface area contributed by atoms with Crippen LogP contribution in [0.1, 0.15) is 0 Å². The number of fused-ring (bicyclic) bond motifs is 7. The van der Waals surface area contributed by atoms with Crippen LogP contribution in [0, 0.1) is 0 Å². The molecule has 0 aliphatic carbocycles. The highest BCUT2D eigenvalue weighted by Crippen LogP contribution is 2.43. The van der Waals surface area contributed by atoms with Crippen molar-refractivity contribution in [1.82, 2.24) is 4.57 Å². The lowest BCUT2D eigenvalue weighted by Gasteiger charge is -2.25. The Kier molecular flexibility index (Phi) is 6.18. The molecule has 0 saturated heterocycles. The summed E-state index contributed by atoms with van der Waals surface area (Å²) in [4.78, 5) is 2.30. The number of anilines is 3. The summed E-state index contributed by atoms with van der Waals surface area (Å²) in [5.41, 5.74) is 10.2. The predicted molar refractivity (Wildman–Crippen MR) is 206 cm³/mol. The molecule has 10 rings (SSSR count). The molecular formula is C46H30N2O. The molecule has 0 aliphatic rings. The number of benzene rings is 8. The third-order valence-electron chi connectivity index (χ3n) is 9.80. The van der Waals surface area contributed by atoms with Crippen LogP contribution in [0.25, 0.3) is 71.1 Å². The molecule has 0 aliphatic heterocycles. The molecule has 0 spiro atoms. The highest BCUT2D eigenvalue weighted by Gasteiger charge is 2.18. The second-order valence-corrected chi connectivity index (χ2v) is 12.6. The molecule has 0 unspecified atom stereocenters. The highest BCUT2D eigenvalue weighted by atomic mass is 16.3. The number of rotatable bonds is 5. The smallest absolute Gasteiger partial charge is 0.134 e. The molecule has 2 aromatic heterocycles. The Hall–Kier alpha value is -6.58. The number of nitrogens with zero attached hydrogens (tertiary/aromatic N) is 2. The van der Waals surface area contributed by atoms with Gasteiger partial charge < -0.3 is 13.9 Å². The lowest BCUT2D eigenvalue weighted by molar-refractivity contribution is 0.616. The van der Waals surface area contributed by atoms with Gasteiger partial charge in [-0.25, -0.2) is 0 Å². The van der Waals surface area contributed by atoms with Gasteiger partial charge in [-0.3, -0.25) is 0 Å². The quantitative estimate of drug-likeness (QED) is 0.177. The van der Waals surface area contributed by atoms with E-state index in [1.54, 1.807) is 6.26 Å². The molecule has 10 aromatic rings. The maximum atomic E-state index is 5.88. The summed E-state index contributed by atoms with van der Waals surface area (Å²) in [5.74, 6) is 0. The molecule has 0 radical (unpaired) electrons. The Labute approximate surface area is 283 Å². The van der Waals surface area contributed by atoms with Crippen molar-refractivity contribution >= 4 is 71.4 Å². The van der Waals surface area contributed by atoms with Crippen molar-refractivity contribution < 1.29 is 4.42 Å². The van der Waals surface area contributed by atoms with Gasteiger partial charge in [-0.2, -0.15) is 0 Å². The van der Waals surface area contributed by atoms with Crippen molar-refractivity contribution in [2.24, 2.45) is 0 Å². The third kappa shape index (κ3) is 4.44. The van der Waals surface area contributed by atoms with Crippen molar-refractivity contribution in [3.8, 4) is 16.8 Å². The van der Waals surface area contributed by atoms with Gasteiger partial charge in [-0.15, -0.1) is 0 Å². The summed E-state index contributed by atoms with van der Waals surface area (Å²) in [5, 5.41) is 8.45. The topological polar surface area (TPSA) is 21.3 Å². The van der Waals surface area contributed by atoms with E-state index in [0.29, 0.717) is 0 Å². The summed E-state index contributed by atoms with van der Waals surface area (Å²) in [6, 6.07) is 63.2. The van der Waals surface area contributed by atoms with Crippen LogP contribution >= 0.6 is 0 Å². The van der Waals surface area contributed by atoms with Crippen LogP contribution < -0.4 is 4.90 Å². The van der Waals surface area contributed by atoms with E-state index in [0.717, 1.165) is 44.7 Å². The van der Waals surface area contributed by atoms with Gasteiger partial charge in [0.05, 0.1) is 17.3 Å². The highest BCUT2D eigenvalue weighted by molar-refractivity contribution is 6.22. The van der Waals surface area contributed by atoms with Crippen molar-refractivity contribution in [1.29, 1.82) is 0 Å². The molecule has 0 fully saturated rings. The number of para-hydroxylation sites is 4. The Balaban J connectivity index is 1.24. The van der Waals surface area contributed by atoms with E-state index in [-0.39, 0.29) is 0 Å². The van der Waals surface area contributed by atoms with Crippen molar-refractivity contribution in [3.63, 3.8) is 0 Å². The third-order valence-corrected chi connectivity index (χ3v) is 9.80. The number of hydrogen-bond donors (Lipinski definition) is 0. The fourth-order valence-corrected chi connectivity index (χ4v) is 7.56. The summed E-state index contributed by atoms with van der Waals surface area (Å²) in [6.07, 6.45) is 1.78. The zero-order chi connectivity index (χ0) is 32.3. The van der Waals surface area contributed by atoms with Gasteiger partial charge in [0.2, 0.25) is 0 Å². The minimum atomic E-state index is 0.899. The number of furan rings is 1. The van der Waals surface area contributed by atoms with Gasteiger partial charge in [-0.05, 0) is 124 Å². The zero-order valence-corrected chi connectivity index (χ0v) is 26.6. The molecule has 2 heterocycles. The van der Waals surface area contributed by atoms with Gasteiger partial charge in [0.1, 0.15) is 5.58 Å². The first kappa shape index (κ1) is 27.5. The molecule has 0 N–H and O–H groups in total. The second-order valence-electron chi connectivity index (χ2n) is 12.6. The van der Waals surface area contributed by atoms with Gasteiger partial charge in [0, 0.05) is 38.9 Å². The van der Waals surface area contributed by atoms with Gasteiger partial charge in [-0.1, -0.05) is 84.9 Å². The Morgan fingerprint density at radius 1 is 0.408 bits per heavy atom. The lowest BCUT2D eigenvalue weighted by Crippen LogP contribution is -2.09. The molecule has 49 heavy (non-hydrogen) atoms. The van der Waals surface area contributed by atoms with Crippen molar-refractivity contribution in [2.75, 3.05) is 4.90 Å². The standard InChI is InChI=1S/C46H30N2O/c1-4-12-34(13-5-1)47(35-14-6-2-7-15-35)37-22-20-31(21-23-37)39-27-33-28-46-32(24-25-49-46)26-40(33)41-29-43-38-18-10-11-19-44(38)48(45(43)30-42(39)41)36-16-8-3-9-17-36/h1-30H. The maximum Gasteiger partial charge on any atom is 0.134 e. The monoisotopic (exact) mass is 626 g/mol. The van der Waals surface area contributed by atoms with Gasteiger partial charge in [0.15, 0.2) is 0 Å². The Morgan fingerprint density at radius 2 is 1.06 bits per heavy atom. The minimum Gasteiger partial charge on any atom is -0.464 e. The van der Waals surface area contributed by atoms with Crippen molar-refractivity contribution in [3.05, 3.63) is 182 Å². The van der Waals surface area contributed by atoms with Gasteiger partial charge >= 0.3 is 0 Å². The van der Waals surface area contributed by atoms with Gasteiger partial charge in [0.25, 0.3) is 0 Å². The second kappa shape index (κ2) is 11.0. The number of hydrogen-bond acceptors (Lipinski definition) is 2. The Bertz CT molecular complexity index is 2760.